The summed E-state index contributed by atoms with van der Waals surface area (Å²) in [6.45, 7) is 1.12. The first-order chi connectivity index (χ1) is 24.1. The first-order valence-electron chi connectivity index (χ1n) is 14.5. The van der Waals surface area contributed by atoms with Crippen molar-refractivity contribution >= 4 is 71.1 Å². The van der Waals surface area contributed by atoms with Gasteiger partial charge in [0.15, 0.2) is 21.3 Å². The number of aromatic carboxylic acids is 1. The van der Waals surface area contributed by atoms with Crippen molar-refractivity contribution in [1.82, 2.24) is 0 Å². The lowest BCUT2D eigenvalue weighted by Gasteiger charge is -2.09. The van der Waals surface area contributed by atoms with Crippen molar-refractivity contribution in [3.8, 4) is 17.2 Å². The molecular formula is C32H26N6O11S2. The summed E-state index contributed by atoms with van der Waals surface area (Å²) in [5.74, 6) is -4.04. The number of nitrogens with zero attached hydrogens (tertiary/aromatic N) is 6. The van der Waals surface area contributed by atoms with Gasteiger partial charge in [-0.15, -0.1) is 20.5 Å². The third-order valence-corrected chi connectivity index (χ3v) is 9.18. The molecule has 0 saturated carbocycles. The van der Waals surface area contributed by atoms with Crippen LogP contribution in [0.3, 0.4) is 0 Å². The lowest BCUT2D eigenvalue weighted by atomic mass is 10.1. The van der Waals surface area contributed by atoms with Gasteiger partial charge in [0.05, 0.1) is 45.6 Å². The SMILES string of the molecule is Cc1ccc(N=Nc2ccc(N=Nc3c(C(=O)O)cc(O)c(N=Nc4ccc(S(=O)(=O)CCOS(=O)(=O)O)cc4)c3O)c3ccc(O)cc23)cc1. The van der Waals surface area contributed by atoms with E-state index < -0.39 is 67.0 Å². The van der Waals surface area contributed by atoms with Gasteiger partial charge in [-0.3, -0.25) is 4.55 Å². The first kappa shape index (κ1) is 36.1. The predicted octanol–water partition coefficient (Wildman–Crippen LogP) is 7.80. The van der Waals surface area contributed by atoms with Crippen molar-refractivity contribution in [2.45, 2.75) is 11.8 Å². The molecular weight excluding hydrogens is 709 g/mol. The van der Waals surface area contributed by atoms with Crippen molar-refractivity contribution in [3.05, 3.63) is 96.1 Å². The van der Waals surface area contributed by atoms with Crippen molar-refractivity contribution in [2.75, 3.05) is 12.4 Å². The Kier molecular flexibility index (Phi) is 10.5. The number of rotatable bonds is 12. The van der Waals surface area contributed by atoms with Crippen LogP contribution in [0, 0.1) is 6.92 Å². The molecule has 19 heteroatoms. The Balaban J connectivity index is 1.45. The number of carboxylic acids is 1. The van der Waals surface area contributed by atoms with E-state index in [-0.39, 0.29) is 22.0 Å². The summed E-state index contributed by atoms with van der Waals surface area (Å²) in [6.07, 6.45) is 0. The van der Waals surface area contributed by atoms with E-state index in [1.54, 1.807) is 24.3 Å². The molecule has 5 aromatic rings. The molecule has 0 fully saturated rings. The van der Waals surface area contributed by atoms with Gasteiger partial charge in [0.2, 0.25) is 0 Å². The molecule has 0 aromatic heterocycles. The molecule has 17 nitrogen and oxygen atoms in total. The molecule has 0 aliphatic rings. The number of aryl methyl sites for hydroxylation is 1. The van der Waals surface area contributed by atoms with Crippen LogP contribution in [0.1, 0.15) is 15.9 Å². The molecule has 0 unspecified atom stereocenters. The fourth-order valence-electron chi connectivity index (χ4n) is 4.50. The zero-order valence-corrected chi connectivity index (χ0v) is 27.8. The average Bonchev–Trinajstić information content (AvgIpc) is 3.07. The van der Waals surface area contributed by atoms with Crippen LogP contribution < -0.4 is 0 Å². The highest BCUT2D eigenvalue weighted by Crippen LogP contribution is 2.47. The number of fused-ring (bicyclic) bond motifs is 1. The summed E-state index contributed by atoms with van der Waals surface area (Å²) in [5.41, 5.74) is 0.513. The van der Waals surface area contributed by atoms with Crippen LogP contribution >= 0.6 is 0 Å². The summed E-state index contributed by atoms with van der Waals surface area (Å²) in [5, 5.41) is 66.6. The second-order valence-electron chi connectivity index (χ2n) is 10.6. The molecule has 5 rings (SSSR count). The maximum Gasteiger partial charge on any atom is 0.397 e. The Morgan fingerprint density at radius 2 is 1.25 bits per heavy atom. The van der Waals surface area contributed by atoms with Crippen LogP contribution in [0.2, 0.25) is 0 Å². The van der Waals surface area contributed by atoms with Gasteiger partial charge < -0.3 is 20.4 Å². The average molecular weight is 735 g/mol. The van der Waals surface area contributed by atoms with Gasteiger partial charge >= 0.3 is 16.4 Å². The molecule has 51 heavy (non-hydrogen) atoms. The standard InChI is InChI=1S/C32H26N6O11S2/c1-18-2-4-19(5-3-18)33-35-27-13-12-26(23-11-8-21(39)16-24(23)27)36-37-29-25(32(42)43)17-28(40)30(31(29)41)38-34-20-6-9-22(10-7-20)50(44,45)15-14-49-51(46,47)48/h2-13,16-17,39-41H,14-15H2,1H3,(H,42,43)(H,46,47,48). The van der Waals surface area contributed by atoms with E-state index in [1.807, 2.05) is 19.1 Å². The molecule has 262 valence electrons. The second-order valence-corrected chi connectivity index (χ2v) is 13.8. The number of benzene rings is 5. The Bertz CT molecular complexity index is 2450. The van der Waals surface area contributed by atoms with Crippen LogP contribution in [0.5, 0.6) is 17.2 Å². The van der Waals surface area contributed by atoms with Gasteiger partial charge in [-0.1, -0.05) is 17.7 Å². The second kappa shape index (κ2) is 14.8. The highest BCUT2D eigenvalue weighted by atomic mass is 32.3. The minimum Gasteiger partial charge on any atom is -0.508 e. The number of phenolic OH excluding ortho intramolecular Hbond substituents is 3. The lowest BCUT2D eigenvalue weighted by Crippen LogP contribution is -2.15. The minimum atomic E-state index is -4.82. The molecule has 0 saturated heterocycles. The van der Waals surface area contributed by atoms with Crippen molar-refractivity contribution < 1.29 is 50.8 Å². The van der Waals surface area contributed by atoms with E-state index in [2.05, 4.69) is 34.9 Å². The molecule has 0 heterocycles. The zero-order chi connectivity index (χ0) is 36.9. The summed E-state index contributed by atoms with van der Waals surface area (Å²) in [6, 6.07) is 20.3. The summed E-state index contributed by atoms with van der Waals surface area (Å²) < 4.78 is 58.8. The van der Waals surface area contributed by atoms with Crippen molar-refractivity contribution in [1.29, 1.82) is 0 Å². The maximum atomic E-state index is 12.4. The third-order valence-electron chi connectivity index (χ3n) is 7.02. The van der Waals surface area contributed by atoms with Crippen LogP contribution in [0.15, 0.2) is 121 Å². The number of aromatic hydroxyl groups is 3. The summed E-state index contributed by atoms with van der Waals surface area (Å²) in [4.78, 5) is 11.8. The minimum absolute atomic E-state index is 0.0433. The lowest BCUT2D eigenvalue weighted by molar-refractivity contribution is 0.0696. The van der Waals surface area contributed by atoms with Gasteiger partial charge in [0.1, 0.15) is 17.2 Å². The maximum absolute atomic E-state index is 12.4. The van der Waals surface area contributed by atoms with Crippen LogP contribution in [0.4, 0.5) is 34.1 Å². The van der Waals surface area contributed by atoms with E-state index in [0.29, 0.717) is 22.1 Å². The predicted molar refractivity (Wildman–Crippen MR) is 182 cm³/mol. The topological polar surface area (TPSA) is 270 Å². The molecule has 0 amide bonds. The number of sulfone groups is 1. The number of carbonyl (C=O) groups is 1. The van der Waals surface area contributed by atoms with Crippen LogP contribution in [-0.4, -0.2) is 60.1 Å². The molecule has 0 spiro atoms. The smallest absolute Gasteiger partial charge is 0.397 e. The van der Waals surface area contributed by atoms with E-state index in [0.717, 1.165) is 23.8 Å². The molecule has 5 aromatic carbocycles. The molecule has 0 aliphatic carbocycles. The highest BCUT2D eigenvalue weighted by Gasteiger charge is 2.23. The van der Waals surface area contributed by atoms with Crippen molar-refractivity contribution in [3.63, 3.8) is 0 Å². The first-order valence-corrected chi connectivity index (χ1v) is 17.5. The number of azo groups is 3. The molecule has 0 radical (unpaired) electrons. The Morgan fingerprint density at radius 3 is 1.88 bits per heavy atom. The number of phenols is 3. The van der Waals surface area contributed by atoms with Gasteiger partial charge in [0.25, 0.3) is 0 Å². The van der Waals surface area contributed by atoms with E-state index in [9.17, 15) is 42.1 Å². The Labute approximate surface area is 289 Å². The van der Waals surface area contributed by atoms with Gasteiger partial charge in [-0.2, -0.15) is 18.6 Å². The number of hydrogen-bond acceptors (Lipinski definition) is 15. The van der Waals surface area contributed by atoms with E-state index >= 15 is 0 Å². The molecule has 0 aliphatic heterocycles. The number of hydrogen-bond donors (Lipinski definition) is 5. The third kappa shape index (κ3) is 8.91. The monoisotopic (exact) mass is 734 g/mol. The van der Waals surface area contributed by atoms with Gasteiger partial charge in [0, 0.05) is 10.8 Å². The highest BCUT2D eigenvalue weighted by molar-refractivity contribution is 7.91. The van der Waals surface area contributed by atoms with Crippen LogP contribution in [-0.2, 0) is 24.4 Å². The normalized spacial score (nSPS) is 12.4. The summed E-state index contributed by atoms with van der Waals surface area (Å²) >= 11 is 0. The fraction of sp³-hybridized carbons (Fsp3) is 0.0938. The van der Waals surface area contributed by atoms with E-state index in [4.69, 9.17) is 4.55 Å². The van der Waals surface area contributed by atoms with Crippen molar-refractivity contribution in [2.24, 2.45) is 30.7 Å². The molecule has 5 N–H and O–H groups in total. The quantitative estimate of drug-likeness (QED) is 0.0609. The van der Waals surface area contributed by atoms with Gasteiger partial charge in [-0.05, 0) is 79.7 Å². The summed E-state index contributed by atoms with van der Waals surface area (Å²) in [7, 11) is -8.84. The molecule has 0 atom stereocenters. The molecule has 0 bridgehead atoms. The Morgan fingerprint density at radius 1 is 0.686 bits per heavy atom. The fourth-order valence-corrected chi connectivity index (χ4v) is 5.99. The van der Waals surface area contributed by atoms with E-state index in [1.165, 1.54) is 30.3 Å². The number of carboxylic acid groups (broad SMARTS) is 1. The zero-order valence-electron chi connectivity index (χ0n) is 26.2. The Hall–Kier alpha value is -6.15. The largest absolute Gasteiger partial charge is 0.508 e. The van der Waals surface area contributed by atoms with Gasteiger partial charge in [-0.25, -0.2) is 17.4 Å². The van der Waals surface area contributed by atoms with Crippen LogP contribution in [0.25, 0.3) is 10.8 Å².